The molecule has 2 aliphatic heterocycles. The van der Waals surface area contributed by atoms with Gasteiger partial charge in [0, 0.05) is 45.8 Å². The van der Waals surface area contributed by atoms with Crippen LogP contribution in [0.4, 0.5) is 57.9 Å². The van der Waals surface area contributed by atoms with Crippen LogP contribution in [-0.2, 0) is 10.8 Å². The highest BCUT2D eigenvalue weighted by Gasteiger charge is 2.32. The zero-order valence-electron chi connectivity index (χ0n) is 28.2. The van der Waals surface area contributed by atoms with E-state index in [4.69, 9.17) is 0 Å². The minimum atomic E-state index is -4.57. The van der Waals surface area contributed by atoms with Gasteiger partial charge in [-0.15, -0.1) is 11.8 Å². The van der Waals surface area contributed by atoms with Crippen LogP contribution in [0, 0.1) is 25.5 Å². The molecular formula is C36H32F8N4OS4. The maximum absolute atomic E-state index is 14.4. The summed E-state index contributed by atoms with van der Waals surface area (Å²) in [6.07, 6.45) is -8.84. The first-order valence-corrected chi connectivity index (χ1v) is 20.2. The lowest BCUT2D eigenvalue weighted by Crippen LogP contribution is -2.23. The van der Waals surface area contributed by atoms with E-state index in [9.17, 15) is 39.3 Å². The lowest BCUT2D eigenvalue weighted by Gasteiger charge is -2.18. The molecule has 0 spiro atoms. The van der Waals surface area contributed by atoms with Crippen LogP contribution in [0.2, 0.25) is 0 Å². The number of alkyl halides is 6. The summed E-state index contributed by atoms with van der Waals surface area (Å²) in [5, 5.41) is 1.20. The van der Waals surface area contributed by atoms with Crippen molar-refractivity contribution < 1.29 is 39.3 Å². The Balaban J connectivity index is 0.000000204. The summed E-state index contributed by atoms with van der Waals surface area (Å²) < 4.78 is 116. The molecule has 0 aromatic heterocycles. The van der Waals surface area contributed by atoms with E-state index >= 15 is 0 Å². The third-order valence-electron chi connectivity index (χ3n) is 7.54. The van der Waals surface area contributed by atoms with Crippen LogP contribution in [0.1, 0.15) is 11.1 Å². The van der Waals surface area contributed by atoms with E-state index in [1.165, 1.54) is 42.6 Å². The SMILES string of the molecule is Cc1cc(F)c(N=C2SCCN2c2ccccc2)cc1S(=O)CC(F)(F)F.Cc1cc(F)c(N=C2SCCN2c2ccccc2)cc1SCC(F)(F)F. The molecule has 1 atom stereocenters. The lowest BCUT2D eigenvalue weighted by molar-refractivity contribution is -0.106. The molecule has 0 radical (unpaired) electrons. The van der Waals surface area contributed by atoms with Crippen molar-refractivity contribution in [1.29, 1.82) is 0 Å². The highest BCUT2D eigenvalue weighted by molar-refractivity contribution is 8.14. The molecular weight excluding hydrogens is 785 g/mol. The standard InChI is InChI=1S/C18H16F4N2OS2.C18H16F4N2S2/c1-12-9-14(19)15(10-16(12)27(25)11-18(20,21)22)23-17-24(7-8-26-17)13-5-3-2-4-6-13;1-12-9-14(19)15(10-16(12)26-11-18(20,21)22)23-17-24(7-8-25-17)13-5-3-2-4-6-13/h2-6,9-10H,7-8,11H2,1H3;2-6,9-10H,7-8,11H2,1H3. The van der Waals surface area contributed by atoms with Gasteiger partial charge >= 0.3 is 12.4 Å². The molecule has 2 heterocycles. The molecule has 0 saturated carbocycles. The van der Waals surface area contributed by atoms with Gasteiger partial charge in [-0.25, -0.2) is 18.8 Å². The largest absolute Gasteiger partial charge is 0.400 e. The number of halogens is 8. The highest BCUT2D eigenvalue weighted by Crippen LogP contribution is 2.36. The molecule has 282 valence electrons. The van der Waals surface area contributed by atoms with E-state index in [-0.39, 0.29) is 21.8 Å². The Hall–Kier alpha value is -3.54. The van der Waals surface area contributed by atoms with Crippen LogP contribution < -0.4 is 9.80 Å². The maximum atomic E-state index is 14.4. The molecule has 2 fully saturated rings. The fourth-order valence-electron chi connectivity index (χ4n) is 5.13. The number of aryl methyl sites for hydroxylation is 2. The summed E-state index contributed by atoms with van der Waals surface area (Å²) in [5.41, 5.74) is 2.48. The van der Waals surface area contributed by atoms with Crippen molar-refractivity contribution in [2.45, 2.75) is 36.0 Å². The van der Waals surface area contributed by atoms with Crippen LogP contribution in [0.5, 0.6) is 0 Å². The van der Waals surface area contributed by atoms with E-state index in [0.29, 0.717) is 39.1 Å². The Kier molecular flexibility index (Phi) is 13.6. The van der Waals surface area contributed by atoms with Crippen LogP contribution in [0.25, 0.3) is 0 Å². The number of amidine groups is 2. The molecule has 2 aliphatic rings. The quantitative estimate of drug-likeness (QED) is 0.130. The Morgan fingerprint density at radius 1 is 0.698 bits per heavy atom. The molecule has 53 heavy (non-hydrogen) atoms. The zero-order valence-corrected chi connectivity index (χ0v) is 31.4. The third kappa shape index (κ3) is 11.5. The fraction of sp³-hybridized carbons (Fsp3) is 0.278. The number of benzene rings is 4. The van der Waals surface area contributed by atoms with E-state index in [0.717, 1.165) is 41.6 Å². The van der Waals surface area contributed by atoms with Gasteiger partial charge in [0.1, 0.15) is 28.8 Å². The summed E-state index contributed by atoms with van der Waals surface area (Å²) in [7, 11) is -2.31. The maximum Gasteiger partial charge on any atom is 0.400 e. The molecule has 0 bridgehead atoms. The van der Waals surface area contributed by atoms with Crippen molar-refractivity contribution in [1.82, 2.24) is 0 Å². The Bertz CT molecular complexity index is 1980. The third-order valence-corrected chi connectivity index (χ3v) is 12.2. The second kappa shape index (κ2) is 17.7. The molecule has 4 aromatic rings. The number of hydrogen-bond donors (Lipinski definition) is 0. The summed E-state index contributed by atoms with van der Waals surface area (Å²) >= 11 is 3.58. The van der Waals surface area contributed by atoms with Crippen molar-refractivity contribution >= 4 is 79.2 Å². The molecule has 0 aliphatic carbocycles. The first-order chi connectivity index (χ1) is 25.1. The number of aliphatic imine (C=N–C) groups is 2. The minimum Gasteiger partial charge on any atom is -0.320 e. The molecule has 4 aromatic carbocycles. The smallest absolute Gasteiger partial charge is 0.320 e. The molecule has 2 saturated heterocycles. The number of anilines is 2. The number of para-hydroxylation sites is 2. The Labute approximate surface area is 316 Å². The van der Waals surface area contributed by atoms with Crippen molar-refractivity contribution in [3.8, 4) is 0 Å². The van der Waals surface area contributed by atoms with Gasteiger partial charge in [-0.3, -0.25) is 4.21 Å². The summed E-state index contributed by atoms with van der Waals surface area (Å²) in [4.78, 5) is 12.9. The average Bonchev–Trinajstić information content (AvgIpc) is 3.76. The first-order valence-electron chi connectivity index (χ1n) is 15.9. The van der Waals surface area contributed by atoms with Crippen molar-refractivity contribution in [3.63, 3.8) is 0 Å². The first kappa shape index (κ1) is 40.6. The predicted molar refractivity (Wildman–Crippen MR) is 203 cm³/mol. The molecule has 1 unspecified atom stereocenters. The predicted octanol–water partition coefficient (Wildman–Crippen LogP) is 11.1. The molecule has 17 heteroatoms. The average molecular weight is 817 g/mol. The topological polar surface area (TPSA) is 48.3 Å². The number of hydrogen-bond acceptors (Lipinski definition) is 6. The molecule has 5 nitrogen and oxygen atoms in total. The van der Waals surface area contributed by atoms with Gasteiger partial charge in [-0.05, 0) is 73.5 Å². The Morgan fingerprint density at radius 3 is 1.64 bits per heavy atom. The number of thioether (sulfide) groups is 3. The van der Waals surface area contributed by atoms with Crippen LogP contribution in [0.3, 0.4) is 0 Å². The molecule has 6 rings (SSSR count). The molecule has 0 amide bonds. The minimum absolute atomic E-state index is 0.0534. The van der Waals surface area contributed by atoms with Crippen LogP contribution in [-0.4, -0.2) is 63.0 Å². The van der Waals surface area contributed by atoms with Crippen LogP contribution >= 0.6 is 35.3 Å². The summed E-state index contributed by atoms with van der Waals surface area (Å²) in [6.45, 7) is 4.47. The van der Waals surface area contributed by atoms with E-state index in [1.54, 1.807) is 6.92 Å². The van der Waals surface area contributed by atoms with Crippen molar-refractivity contribution in [2.24, 2.45) is 9.98 Å². The summed E-state index contributed by atoms with van der Waals surface area (Å²) in [6, 6.07) is 23.9. The van der Waals surface area contributed by atoms with E-state index < -0.39 is 46.3 Å². The van der Waals surface area contributed by atoms with Gasteiger partial charge in [0.2, 0.25) is 0 Å². The zero-order chi connectivity index (χ0) is 38.3. The van der Waals surface area contributed by atoms with Gasteiger partial charge in [0.25, 0.3) is 0 Å². The Morgan fingerprint density at radius 2 is 1.17 bits per heavy atom. The van der Waals surface area contributed by atoms with Gasteiger partial charge < -0.3 is 9.80 Å². The van der Waals surface area contributed by atoms with Crippen LogP contribution in [0.15, 0.2) is 105 Å². The van der Waals surface area contributed by atoms with E-state index in [2.05, 4.69) is 9.98 Å². The van der Waals surface area contributed by atoms with Gasteiger partial charge in [-0.2, -0.15) is 26.3 Å². The summed E-state index contributed by atoms with van der Waals surface area (Å²) in [5.74, 6) is -2.11. The van der Waals surface area contributed by atoms with Gasteiger partial charge in [-0.1, -0.05) is 59.9 Å². The molecule has 0 N–H and O–H groups in total. The van der Waals surface area contributed by atoms with Crippen molar-refractivity contribution in [3.05, 3.63) is 108 Å². The fourth-order valence-corrected chi connectivity index (χ4v) is 8.99. The monoisotopic (exact) mass is 816 g/mol. The van der Waals surface area contributed by atoms with Crippen molar-refractivity contribution in [2.75, 3.05) is 45.9 Å². The van der Waals surface area contributed by atoms with Gasteiger partial charge in [0.15, 0.2) is 10.3 Å². The second-order valence-corrected chi connectivity index (χ2v) is 16.2. The van der Waals surface area contributed by atoms with Gasteiger partial charge in [0.05, 0.1) is 16.6 Å². The second-order valence-electron chi connectivity index (χ2n) is 11.6. The number of nitrogens with zero attached hydrogens (tertiary/aromatic N) is 4. The normalized spacial score (nSPS) is 17.0. The number of rotatable bonds is 8. The highest BCUT2D eigenvalue weighted by atomic mass is 32.2. The lowest BCUT2D eigenvalue weighted by atomic mass is 10.2. The van der Waals surface area contributed by atoms with E-state index in [1.807, 2.05) is 70.5 Å².